The fourth-order valence-electron chi connectivity index (χ4n) is 1.48. The van der Waals surface area contributed by atoms with E-state index in [9.17, 15) is 0 Å². The Kier molecular flexibility index (Phi) is 6.02. The highest BCUT2D eigenvalue weighted by Crippen LogP contribution is 2.23. The third-order valence-electron chi connectivity index (χ3n) is 2.14. The van der Waals surface area contributed by atoms with Crippen molar-refractivity contribution in [1.29, 1.82) is 0 Å². The standard InChI is InChI=1S/C9H15N3O.2ClH/c1-7(2)12-9-8(6-11-12)5-10-3-4-13-9;;/h6-7,10H,3-5H2,1-2H3;2*1H. The third-order valence-corrected chi connectivity index (χ3v) is 2.14. The summed E-state index contributed by atoms with van der Waals surface area (Å²) in [6.45, 7) is 6.71. The SMILES string of the molecule is CC(C)n1ncc2c1OCCNC2.Cl.Cl. The van der Waals surface area contributed by atoms with Gasteiger partial charge < -0.3 is 10.1 Å². The highest BCUT2D eigenvalue weighted by atomic mass is 35.5. The maximum absolute atomic E-state index is 5.62. The van der Waals surface area contributed by atoms with Gasteiger partial charge in [-0.1, -0.05) is 0 Å². The molecule has 0 spiro atoms. The van der Waals surface area contributed by atoms with Crippen LogP contribution in [0.15, 0.2) is 6.20 Å². The second kappa shape index (κ2) is 6.20. The Labute approximate surface area is 102 Å². The normalized spacial score (nSPS) is 14.3. The molecule has 0 saturated heterocycles. The van der Waals surface area contributed by atoms with Crippen molar-refractivity contribution in [2.24, 2.45) is 0 Å². The highest BCUT2D eigenvalue weighted by molar-refractivity contribution is 5.85. The van der Waals surface area contributed by atoms with Gasteiger partial charge >= 0.3 is 0 Å². The number of ether oxygens (including phenoxy) is 1. The van der Waals surface area contributed by atoms with Crippen LogP contribution in [0.5, 0.6) is 5.88 Å². The summed E-state index contributed by atoms with van der Waals surface area (Å²) < 4.78 is 7.55. The van der Waals surface area contributed by atoms with Crippen LogP contribution in [-0.4, -0.2) is 22.9 Å². The number of nitrogens with one attached hydrogen (secondary N) is 1. The van der Waals surface area contributed by atoms with E-state index < -0.39 is 0 Å². The largest absolute Gasteiger partial charge is 0.476 e. The molecule has 0 aromatic carbocycles. The summed E-state index contributed by atoms with van der Waals surface area (Å²) in [5.41, 5.74) is 1.16. The monoisotopic (exact) mass is 253 g/mol. The maximum Gasteiger partial charge on any atom is 0.216 e. The molecule has 0 bridgehead atoms. The second-order valence-electron chi connectivity index (χ2n) is 3.54. The lowest BCUT2D eigenvalue weighted by Crippen LogP contribution is -2.17. The smallest absolute Gasteiger partial charge is 0.216 e. The van der Waals surface area contributed by atoms with Gasteiger partial charge in [-0.15, -0.1) is 24.8 Å². The molecule has 1 aromatic rings. The minimum atomic E-state index is 0. The van der Waals surface area contributed by atoms with Crippen molar-refractivity contribution < 1.29 is 4.74 Å². The van der Waals surface area contributed by atoms with Gasteiger partial charge in [0.2, 0.25) is 5.88 Å². The fourth-order valence-corrected chi connectivity index (χ4v) is 1.48. The van der Waals surface area contributed by atoms with Crippen LogP contribution in [-0.2, 0) is 6.54 Å². The number of aromatic nitrogens is 2. The molecule has 1 N–H and O–H groups in total. The van der Waals surface area contributed by atoms with E-state index in [0.717, 1.165) is 31.1 Å². The molecule has 2 heterocycles. The van der Waals surface area contributed by atoms with Crippen LogP contribution < -0.4 is 10.1 Å². The number of rotatable bonds is 1. The minimum absolute atomic E-state index is 0. The lowest BCUT2D eigenvalue weighted by molar-refractivity contribution is 0.283. The minimum Gasteiger partial charge on any atom is -0.476 e. The van der Waals surface area contributed by atoms with E-state index in [-0.39, 0.29) is 24.8 Å². The quantitative estimate of drug-likeness (QED) is 0.830. The summed E-state index contributed by atoms with van der Waals surface area (Å²) in [6, 6.07) is 0.363. The van der Waals surface area contributed by atoms with Gasteiger partial charge in [0.25, 0.3) is 0 Å². The first-order chi connectivity index (χ1) is 6.29. The molecule has 0 unspecified atom stereocenters. The first-order valence-electron chi connectivity index (χ1n) is 4.69. The number of hydrogen-bond acceptors (Lipinski definition) is 3. The van der Waals surface area contributed by atoms with Crippen molar-refractivity contribution in [2.75, 3.05) is 13.2 Å². The van der Waals surface area contributed by atoms with E-state index in [0.29, 0.717) is 6.04 Å². The van der Waals surface area contributed by atoms with E-state index in [2.05, 4.69) is 24.3 Å². The Hall–Kier alpha value is -0.450. The molecule has 88 valence electrons. The van der Waals surface area contributed by atoms with E-state index in [4.69, 9.17) is 4.74 Å². The Bertz CT molecular complexity index is 302. The van der Waals surface area contributed by atoms with E-state index in [1.165, 1.54) is 0 Å². The van der Waals surface area contributed by atoms with Crippen LogP contribution >= 0.6 is 24.8 Å². The summed E-state index contributed by atoms with van der Waals surface area (Å²) in [5.74, 6) is 0.931. The Morgan fingerprint density at radius 1 is 1.47 bits per heavy atom. The van der Waals surface area contributed by atoms with Crippen molar-refractivity contribution in [1.82, 2.24) is 15.1 Å². The van der Waals surface area contributed by atoms with Crippen molar-refractivity contribution in [2.45, 2.75) is 26.4 Å². The van der Waals surface area contributed by atoms with Crippen LogP contribution in [0.1, 0.15) is 25.5 Å². The molecule has 0 aliphatic carbocycles. The van der Waals surface area contributed by atoms with Crippen molar-refractivity contribution in [3.63, 3.8) is 0 Å². The van der Waals surface area contributed by atoms with Gasteiger partial charge in [-0.05, 0) is 13.8 Å². The average molecular weight is 254 g/mol. The lowest BCUT2D eigenvalue weighted by atomic mass is 10.3. The molecule has 0 saturated carbocycles. The molecule has 15 heavy (non-hydrogen) atoms. The molecule has 0 radical (unpaired) electrons. The molecule has 1 aliphatic rings. The summed E-state index contributed by atoms with van der Waals surface area (Å²) in [4.78, 5) is 0. The number of halogens is 2. The van der Waals surface area contributed by atoms with E-state index in [1.807, 2.05) is 10.9 Å². The summed E-state index contributed by atoms with van der Waals surface area (Å²) in [6.07, 6.45) is 1.88. The van der Waals surface area contributed by atoms with Crippen LogP contribution in [0.3, 0.4) is 0 Å². The summed E-state index contributed by atoms with van der Waals surface area (Å²) in [5, 5.41) is 7.57. The number of nitrogens with zero attached hydrogens (tertiary/aromatic N) is 2. The number of fused-ring (bicyclic) bond motifs is 1. The van der Waals surface area contributed by atoms with E-state index >= 15 is 0 Å². The lowest BCUT2D eigenvalue weighted by Gasteiger charge is -2.10. The van der Waals surface area contributed by atoms with Gasteiger partial charge in [-0.2, -0.15) is 5.10 Å². The maximum atomic E-state index is 5.62. The van der Waals surface area contributed by atoms with Crippen molar-refractivity contribution >= 4 is 24.8 Å². The van der Waals surface area contributed by atoms with Crippen LogP contribution in [0.25, 0.3) is 0 Å². The molecular weight excluding hydrogens is 237 g/mol. The molecule has 1 aliphatic heterocycles. The first kappa shape index (κ1) is 14.6. The zero-order valence-corrected chi connectivity index (χ0v) is 10.5. The Morgan fingerprint density at radius 3 is 2.87 bits per heavy atom. The van der Waals surface area contributed by atoms with Gasteiger partial charge in [0.15, 0.2) is 0 Å². The zero-order valence-electron chi connectivity index (χ0n) is 8.90. The zero-order chi connectivity index (χ0) is 9.26. The Morgan fingerprint density at radius 2 is 2.20 bits per heavy atom. The topological polar surface area (TPSA) is 39.1 Å². The van der Waals surface area contributed by atoms with Crippen LogP contribution in [0.4, 0.5) is 0 Å². The van der Waals surface area contributed by atoms with Gasteiger partial charge in [0.05, 0.1) is 12.2 Å². The summed E-state index contributed by atoms with van der Waals surface area (Å²) in [7, 11) is 0. The van der Waals surface area contributed by atoms with Gasteiger partial charge in [0.1, 0.15) is 6.61 Å². The number of hydrogen-bond donors (Lipinski definition) is 1. The third kappa shape index (κ3) is 3.00. The fraction of sp³-hybridized carbons (Fsp3) is 0.667. The molecule has 0 amide bonds. The van der Waals surface area contributed by atoms with Gasteiger partial charge in [-0.3, -0.25) is 0 Å². The average Bonchev–Trinajstić information content (AvgIpc) is 2.36. The molecule has 1 aromatic heterocycles. The summed E-state index contributed by atoms with van der Waals surface area (Å²) >= 11 is 0. The van der Waals surface area contributed by atoms with E-state index in [1.54, 1.807) is 0 Å². The molecule has 0 atom stereocenters. The molecule has 0 fully saturated rings. The molecule has 4 nitrogen and oxygen atoms in total. The van der Waals surface area contributed by atoms with Crippen molar-refractivity contribution in [3.05, 3.63) is 11.8 Å². The molecular formula is C9H17Cl2N3O. The van der Waals surface area contributed by atoms with Gasteiger partial charge in [-0.25, -0.2) is 4.68 Å². The van der Waals surface area contributed by atoms with Crippen LogP contribution in [0.2, 0.25) is 0 Å². The Balaban J connectivity index is 0.000000980. The van der Waals surface area contributed by atoms with Crippen molar-refractivity contribution in [3.8, 4) is 5.88 Å². The predicted molar refractivity (Wildman–Crippen MR) is 64.3 cm³/mol. The molecule has 2 rings (SSSR count). The predicted octanol–water partition coefficient (Wildman–Crippen LogP) is 1.79. The van der Waals surface area contributed by atoms with Crippen LogP contribution in [0, 0.1) is 0 Å². The molecule has 6 heteroatoms. The second-order valence-corrected chi connectivity index (χ2v) is 3.54. The highest BCUT2D eigenvalue weighted by Gasteiger charge is 2.16. The first-order valence-corrected chi connectivity index (χ1v) is 4.69. The van der Waals surface area contributed by atoms with Gasteiger partial charge in [0, 0.05) is 18.7 Å².